The summed E-state index contributed by atoms with van der Waals surface area (Å²) in [6.45, 7) is 1.38. The zero-order chi connectivity index (χ0) is 36.1. The van der Waals surface area contributed by atoms with Crippen LogP contribution in [0.4, 0.5) is 0 Å². The number of benzene rings is 1. The summed E-state index contributed by atoms with van der Waals surface area (Å²) in [5.74, 6) is -2.13. The first-order chi connectivity index (χ1) is 24.2. The smallest absolute Gasteiger partial charge is 0.243 e. The van der Waals surface area contributed by atoms with Crippen molar-refractivity contribution in [2.75, 3.05) is 13.2 Å². The number of aliphatic hydroxyl groups excluding tert-OH is 2. The predicted molar refractivity (Wildman–Crippen MR) is 186 cm³/mol. The van der Waals surface area contributed by atoms with E-state index in [1.54, 1.807) is 12.1 Å². The van der Waals surface area contributed by atoms with Gasteiger partial charge in [-0.25, -0.2) is 9.97 Å². The summed E-state index contributed by atoms with van der Waals surface area (Å²) in [5.41, 5.74) is 1.78. The molecule has 2 heterocycles. The lowest BCUT2D eigenvalue weighted by atomic mass is 10.0. The van der Waals surface area contributed by atoms with Crippen LogP contribution in [0.2, 0.25) is 0 Å². The fraction of sp³-hybridized carbons (Fsp3) is 0.543. The Balaban J connectivity index is 1.73. The molecule has 0 aliphatic heterocycles. The number of phenols is 1. The summed E-state index contributed by atoms with van der Waals surface area (Å²) in [4.78, 5) is 67.6. The highest BCUT2D eigenvalue weighted by Gasteiger charge is 2.31. The van der Waals surface area contributed by atoms with E-state index in [0.29, 0.717) is 23.4 Å². The molecule has 50 heavy (non-hydrogen) atoms. The molecule has 0 bridgehead atoms. The molecule has 1 aromatic carbocycles. The Morgan fingerprint density at radius 2 is 1.24 bits per heavy atom. The number of H-pyrrole nitrogens is 2. The summed E-state index contributed by atoms with van der Waals surface area (Å²) >= 11 is 0. The summed E-state index contributed by atoms with van der Waals surface area (Å²) in [6.07, 6.45) is 13.7. The molecule has 9 N–H and O–H groups in total. The Labute approximate surface area is 292 Å². The lowest BCUT2D eigenvalue weighted by Gasteiger charge is -2.25. The van der Waals surface area contributed by atoms with E-state index in [-0.39, 0.29) is 43.9 Å². The van der Waals surface area contributed by atoms with Crippen molar-refractivity contribution in [2.45, 2.75) is 108 Å². The molecule has 2 unspecified atom stereocenters. The molecule has 3 aromatic rings. The SMILES string of the molecule is CCCCCCCCCCC(=O)NC(Cc1ccc(O)cc1)C(=O)N[C@@H](Cc1cnc[nH]1)C(=O)N[C@@H](Cc1cnc[nH]1)C(=O)NCC(O)CO. The van der Waals surface area contributed by atoms with Gasteiger partial charge in [0, 0.05) is 56.0 Å². The molecule has 0 saturated heterocycles. The number of carbonyl (C=O) groups is 4. The number of carbonyl (C=O) groups excluding carboxylic acids is 4. The summed E-state index contributed by atoms with van der Waals surface area (Å²) in [6, 6.07) is 2.94. The quantitative estimate of drug-likeness (QED) is 0.0614. The van der Waals surface area contributed by atoms with Crippen LogP contribution >= 0.6 is 0 Å². The van der Waals surface area contributed by atoms with Gasteiger partial charge in [0.15, 0.2) is 0 Å². The lowest BCUT2D eigenvalue weighted by molar-refractivity contribution is -0.133. The largest absolute Gasteiger partial charge is 0.508 e. The number of hydrogen-bond acceptors (Lipinski definition) is 9. The summed E-state index contributed by atoms with van der Waals surface area (Å²) < 4.78 is 0. The van der Waals surface area contributed by atoms with E-state index in [1.165, 1.54) is 62.9 Å². The maximum absolute atomic E-state index is 13.9. The van der Waals surface area contributed by atoms with Gasteiger partial charge in [0.2, 0.25) is 23.6 Å². The molecule has 3 rings (SSSR count). The predicted octanol–water partition coefficient (Wildman–Crippen LogP) is 1.32. The number of aromatic hydroxyl groups is 1. The average molecular weight is 697 g/mol. The minimum atomic E-state index is -1.19. The number of hydrogen-bond donors (Lipinski definition) is 9. The van der Waals surface area contributed by atoms with E-state index in [4.69, 9.17) is 5.11 Å². The zero-order valence-corrected chi connectivity index (χ0v) is 28.7. The fourth-order valence-electron chi connectivity index (χ4n) is 5.36. The maximum Gasteiger partial charge on any atom is 0.243 e. The summed E-state index contributed by atoms with van der Waals surface area (Å²) in [5, 5.41) is 39.5. The third-order valence-corrected chi connectivity index (χ3v) is 8.23. The van der Waals surface area contributed by atoms with Crippen LogP contribution in [0.5, 0.6) is 5.75 Å². The molecule has 4 amide bonds. The van der Waals surface area contributed by atoms with Crippen molar-refractivity contribution >= 4 is 23.6 Å². The van der Waals surface area contributed by atoms with Gasteiger partial charge in [-0.2, -0.15) is 0 Å². The minimum absolute atomic E-state index is 0.00265. The van der Waals surface area contributed by atoms with Crippen molar-refractivity contribution in [1.29, 1.82) is 0 Å². The number of nitrogens with one attached hydrogen (secondary N) is 6. The molecule has 0 aliphatic rings. The number of nitrogens with zero attached hydrogens (tertiary/aromatic N) is 2. The van der Waals surface area contributed by atoms with Gasteiger partial charge in [0.05, 0.1) is 25.4 Å². The van der Waals surface area contributed by atoms with Crippen molar-refractivity contribution in [3.8, 4) is 5.75 Å². The van der Waals surface area contributed by atoms with Gasteiger partial charge in [0.25, 0.3) is 0 Å². The van der Waals surface area contributed by atoms with E-state index >= 15 is 0 Å². The van der Waals surface area contributed by atoms with E-state index in [9.17, 15) is 29.4 Å². The molecule has 0 spiro atoms. The number of rotatable bonds is 24. The molecule has 0 radical (unpaired) electrons. The van der Waals surface area contributed by atoms with E-state index in [2.05, 4.69) is 48.1 Å². The van der Waals surface area contributed by atoms with E-state index in [1.807, 2.05) is 0 Å². The third kappa shape index (κ3) is 14.8. The second-order valence-electron chi connectivity index (χ2n) is 12.5. The van der Waals surface area contributed by atoms with Crippen LogP contribution in [0, 0.1) is 0 Å². The van der Waals surface area contributed by atoms with Crippen molar-refractivity contribution in [3.05, 3.63) is 66.3 Å². The number of amides is 4. The van der Waals surface area contributed by atoms with Crippen molar-refractivity contribution in [3.63, 3.8) is 0 Å². The second-order valence-corrected chi connectivity index (χ2v) is 12.5. The lowest BCUT2D eigenvalue weighted by Crippen LogP contribution is -2.58. The van der Waals surface area contributed by atoms with Crippen LogP contribution in [0.1, 0.15) is 81.7 Å². The van der Waals surface area contributed by atoms with E-state index < -0.39 is 48.6 Å². The summed E-state index contributed by atoms with van der Waals surface area (Å²) in [7, 11) is 0. The highest BCUT2D eigenvalue weighted by atomic mass is 16.3. The Bertz CT molecular complexity index is 1420. The maximum atomic E-state index is 13.9. The van der Waals surface area contributed by atoms with Crippen LogP contribution < -0.4 is 21.3 Å². The average Bonchev–Trinajstić information content (AvgIpc) is 3.83. The highest BCUT2D eigenvalue weighted by Crippen LogP contribution is 2.13. The van der Waals surface area contributed by atoms with Crippen LogP contribution in [-0.4, -0.2) is 96.3 Å². The van der Waals surface area contributed by atoms with E-state index in [0.717, 1.165) is 19.3 Å². The first-order valence-electron chi connectivity index (χ1n) is 17.4. The number of aromatic nitrogens is 4. The van der Waals surface area contributed by atoms with Crippen LogP contribution in [0.25, 0.3) is 0 Å². The van der Waals surface area contributed by atoms with Gasteiger partial charge in [-0.05, 0) is 24.1 Å². The second kappa shape index (κ2) is 22.1. The Hall–Kier alpha value is -4.76. The third-order valence-electron chi connectivity index (χ3n) is 8.23. The topological polar surface area (TPSA) is 234 Å². The molecular weight excluding hydrogens is 644 g/mol. The normalized spacial score (nSPS) is 13.5. The molecule has 0 fully saturated rings. The molecule has 15 heteroatoms. The number of aliphatic hydroxyl groups is 2. The van der Waals surface area contributed by atoms with Crippen molar-refractivity contribution in [2.24, 2.45) is 0 Å². The van der Waals surface area contributed by atoms with Gasteiger partial charge in [-0.3, -0.25) is 19.2 Å². The first-order valence-corrected chi connectivity index (χ1v) is 17.4. The van der Waals surface area contributed by atoms with Crippen LogP contribution in [0.3, 0.4) is 0 Å². The Morgan fingerprint density at radius 1 is 0.720 bits per heavy atom. The molecule has 274 valence electrons. The molecule has 4 atom stereocenters. The standard InChI is InChI=1S/C35H52N8O7/c1-2-3-4-5-6-7-8-9-10-32(47)41-29(15-24-11-13-27(45)14-12-24)34(49)43-31(17-26-19-37-23-40-26)35(50)42-30(16-25-18-36-22-39-25)33(48)38-20-28(46)21-44/h11-14,18-19,22-23,28-31,44-46H,2-10,15-17,20-21H2,1H3,(H,36,39)(H,37,40)(H,38,48)(H,41,47)(H,42,50)(H,43,49)/t28?,29?,30-,31-/m0/s1. The zero-order valence-electron chi connectivity index (χ0n) is 28.7. The van der Waals surface area contributed by atoms with Gasteiger partial charge in [-0.1, -0.05) is 64.0 Å². The van der Waals surface area contributed by atoms with Crippen LogP contribution in [0.15, 0.2) is 49.3 Å². The van der Waals surface area contributed by atoms with Gasteiger partial charge in [0.1, 0.15) is 23.9 Å². The van der Waals surface area contributed by atoms with Gasteiger partial charge >= 0.3 is 0 Å². The van der Waals surface area contributed by atoms with Crippen molar-refractivity contribution in [1.82, 2.24) is 41.2 Å². The first kappa shape index (κ1) is 39.7. The molecule has 2 aromatic heterocycles. The Kier molecular flexibility index (Phi) is 17.5. The number of aromatic amines is 2. The molecule has 0 saturated carbocycles. The monoisotopic (exact) mass is 696 g/mol. The van der Waals surface area contributed by atoms with Gasteiger partial charge in [-0.15, -0.1) is 0 Å². The molecule has 15 nitrogen and oxygen atoms in total. The fourth-order valence-corrected chi connectivity index (χ4v) is 5.36. The number of unbranched alkanes of at least 4 members (excludes halogenated alkanes) is 7. The van der Waals surface area contributed by atoms with Crippen LogP contribution in [-0.2, 0) is 38.4 Å². The van der Waals surface area contributed by atoms with Crippen molar-refractivity contribution < 1.29 is 34.5 Å². The molecule has 0 aliphatic carbocycles. The van der Waals surface area contributed by atoms with Gasteiger partial charge < -0.3 is 46.6 Å². The molecular formula is C35H52N8O7. The Morgan fingerprint density at radius 3 is 1.76 bits per heavy atom. The minimum Gasteiger partial charge on any atom is -0.508 e. The highest BCUT2D eigenvalue weighted by molar-refractivity contribution is 5.94. The number of phenolic OH excluding ortho intramolecular Hbond substituents is 1. The number of imidazole rings is 2.